The molecule has 1 aromatic rings. The van der Waals surface area contributed by atoms with Crippen LogP contribution in [0.2, 0.25) is 0 Å². The summed E-state index contributed by atoms with van der Waals surface area (Å²) in [5.74, 6) is 0.531. The molecule has 18 heavy (non-hydrogen) atoms. The van der Waals surface area contributed by atoms with Crippen LogP contribution in [0.15, 0.2) is 30.3 Å². The van der Waals surface area contributed by atoms with Gasteiger partial charge < -0.3 is 0 Å². The van der Waals surface area contributed by atoms with Gasteiger partial charge in [0.1, 0.15) is 0 Å². The molecule has 0 unspecified atom stereocenters. The molecule has 3 nitrogen and oxygen atoms in total. The predicted octanol–water partition coefficient (Wildman–Crippen LogP) is 2.41. The van der Waals surface area contributed by atoms with Gasteiger partial charge in [0.25, 0.3) is 0 Å². The summed E-state index contributed by atoms with van der Waals surface area (Å²) >= 11 is 5.76. The van der Waals surface area contributed by atoms with Crippen LogP contribution in [-0.2, 0) is 16.4 Å². The van der Waals surface area contributed by atoms with Crippen LogP contribution in [-0.4, -0.2) is 26.6 Å². The van der Waals surface area contributed by atoms with Crippen LogP contribution in [0.5, 0.6) is 0 Å². The summed E-state index contributed by atoms with van der Waals surface area (Å²) in [6.07, 6.45) is 0.525. The Morgan fingerprint density at radius 3 is 2.39 bits per heavy atom. The van der Waals surface area contributed by atoms with Gasteiger partial charge in [-0.2, -0.15) is 0 Å². The standard InChI is InChI=1S/C13H20ClNO2S/c1-13(2,10-14)11-15-18(16,17)9-8-12-6-4-3-5-7-12/h3-7,15H,8-11H2,1-2H3. The van der Waals surface area contributed by atoms with Crippen LogP contribution in [0.3, 0.4) is 0 Å². The predicted molar refractivity (Wildman–Crippen MR) is 76.4 cm³/mol. The largest absolute Gasteiger partial charge is 0.215 e. The highest BCUT2D eigenvalue weighted by Crippen LogP contribution is 2.15. The van der Waals surface area contributed by atoms with E-state index in [1.54, 1.807) is 0 Å². The Bertz CT molecular complexity index is 457. The summed E-state index contributed by atoms with van der Waals surface area (Å²) in [6, 6.07) is 9.59. The maximum absolute atomic E-state index is 11.8. The van der Waals surface area contributed by atoms with E-state index in [1.165, 1.54) is 0 Å². The average molecular weight is 290 g/mol. The molecular weight excluding hydrogens is 270 g/mol. The van der Waals surface area contributed by atoms with E-state index in [1.807, 2.05) is 44.2 Å². The van der Waals surface area contributed by atoms with Crippen LogP contribution in [0.4, 0.5) is 0 Å². The number of benzene rings is 1. The Morgan fingerprint density at radius 1 is 1.22 bits per heavy atom. The van der Waals surface area contributed by atoms with Gasteiger partial charge >= 0.3 is 0 Å². The summed E-state index contributed by atoms with van der Waals surface area (Å²) in [6.45, 7) is 4.23. The van der Waals surface area contributed by atoms with Crippen molar-refractivity contribution in [1.29, 1.82) is 0 Å². The van der Waals surface area contributed by atoms with Crippen LogP contribution < -0.4 is 4.72 Å². The van der Waals surface area contributed by atoms with Gasteiger partial charge in [0.05, 0.1) is 5.75 Å². The van der Waals surface area contributed by atoms with Gasteiger partial charge in [0, 0.05) is 12.4 Å². The number of halogens is 1. The molecule has 1 aromatic carbocycles. The molecule has 0 spiro atoms. The van der Waals surface area contributed by atoms with Gasteiger partial charge in [-0.3, -0.25) is 0 Å². The second-order valence-corrected chi connectivity index (χ2v) is 7.37. The highest BCUT2D eigenvalue weighted by Gasteiger charge is 2.20. The number of alkyl halides is 1. The first-order valence-corrected chi connectivity index (χ1v) is 8.11. The van der Waals surface area contributed by atoms with Gasteiger partial charge in [-0.1, -0.05) is 44.2 Å². The second kappa shape index (κ2) is 6.55. The highest BCUT2D eigenvalue weighted by molar-refractivity contribution is 7.89. The zero-order chi connectivity index (χ0) is 13.6. The molecule has 0 saturated heterocycles. The van der Waals surface area contributed by atoms with Gasteiger partial charge in [0.2, 0.25) is 10.0 Å². The van der Waals surface area contributed by atoms with Crippen LogP contribution in [0.1, 0.15) is 19.4 Å². The van der Waals surface area contributed by atoms with E-state index in [-0.39, 0.29) is 11.2 Å². The number of hydrogen-bond acceptors (Lipinski definition) is 2. The Labute approximate surface area is 115 Å². The van der Waals surface area contributed by atoms with Crippen molar-refractivity contribution in [2.45, 2.75) is 20.3 Å². The molecule has 0 radical (unpaired) electrons. The quantitative estimate of drug-likeness (QED) is 0.784. The summed E-state index contributed by atoms with van der Waals surface area (Å²) < 4.78 is 26.2. The second-order valence-electron chi connectivity index (χ2n) is 5.17. The van der Waals surface area contributed by atoms with E-state index in [2.05, 4.69) is 4.72 Å². The lowest BCUT2D eigenvalue weighted by atomic mass is 9.97. The van der Waals surface area contributed by atoms with Gasteiger partial charge in [0.15, 0.2) is 0 Å². The van der Waals surface area contributed by atoms with E-state index in [0.717, 1.165) is 5.56 Å². The Balaban J connectivity index is 2.46. The first-order chi connectivity index (χ1) is 8.35. The Morgan fingerprint density at radius 2 is 1.83 bits per heavy atom. The van der Waals surface area contributed by atoms with E-state index >= 15 is 0 Å². The van der Waals surface area contributed by atoms with Crippen molar-refractivity contribution in [2.75, 3.05) is 18.2 Å². The minimum atomic E-state index is -3.23. The van der Waals surface area contributed by atoms with E-state index in [4.69, 9.17) is 11.6 Å². The van der Waals surface area contributed by atoms with Crippen molar-refractivity contribution in [1.82, 2.24) is 4.72 Å². The molecule has 5 heteroatoms. The third-order valence-electron chi connectivity index (χ3n) is 2.63. The minimum absolute atomic E-state index is 0.107. The zero-order valence-electron chi connectivity index (χ0n) is 10.8. The number of rotatable bonds is 7. The molecule has 1 rings (SSSR count). The van der Waals surface area contributed by atoms with E-state index in [9.17, 15) is 8.42 Å². The molecule has 0 aliphatic carbocycles. The molecular formula is C13H20ClNO2S. The molecule has 102 valence electrons. The maximum Gasteiger partial charge on any atom is 0.211 e. The first kappa shape index (κ1) is 15.5. The van der Waals surface area contributed by atoms with Gasteiger partial charge in [-0.15, -0.1) is 11.6 Å². The Kier molecular flexibility index (Phi) is 5.63. The normalized spacial score (nSPS) is 12.6. The summed E-state index contributed by atoms with van der Waals surface area (Å²) in [4.78, 5) is 0. The molecule has 1 N–H and O–H groups in total. The monoisotopic (exact) mass is 289 g/mol. The number of nitrogens with one attached hydrogen (secondary N) is 1. The number of sulfonamides is 1. The van der Waals surface area contributed by atoms with Crippen molar-refractivity contribution in [3.63, 3.8) is 0 Å². The summed E-state index contributed by atoms with van der Waals surface area (Å²) in [5.41, 5.74) is 0.806. The third kappa shape index (κ3) is 5.85. The third-order valence-corrected chi connectivity index (χ3v) is 4.68. The topological polar surface area (TPSA) is 46.2 Å². The minimum Gasteiger partial charge on any atom is -0.215 e. The fourth-order valence-electron chi connectivity index (χ4n) is 1.32. The molecule has 0 saturated carbocycles. The van der Waals surface area contributed by atoms with Crippen LogP contribution >= 0.6 is 11.6 Å². The van der Waals surface area contributed by atoms with Crippen molar-refractivity contribution in [3.8, 4) is 0 Å². The first-order valence-electron chi connectivity index (χ1n) is 5.92. The van der Waals surface area contributed by atoms with Crippen molar-refractivity contribution >= 4 is 21.6 Å². The smallest absolute Gasteiger partial charge is 0.211 e. The zero-order valence-corrected chi connectivity index (χ0v) is 12.4. The molecule has 0 aliphatic heterocycles. The lowest BCUT2D eigenvalue weighted by Gasteiger charge is -2.21. The number of aryl methyl sites for hydroxylation is 1. The molecule has 0 aliphatic rings. The lowest BCUT2D eigenvalue weighted by Crippen LogP contribution is -2.36. The lowest BCUT2D eigenvalue weighted by molar-refractivity contribution is 0.414. The van der Waals surface area contributed by atoms with Crippen molar-refractivity contribution in [3.05, 3.63) is 35.9 Å². The SMILES string of the molecule is CC(C)(CCl)CNS(=O)(=O)CCc1ccccc1. The molecule has 0 bridgehead atoms. The van der Waals surface area contributed by atoms with Gasteiger partial charge in [-0.25, -0.2) is 13.1 Å². The highest BCUT2D eigenvalue weighted by atomic mass is 35.5. The molecule has 0 fully saturated rings. The molecule has 0 amide bonds. The number of hydrogen-bond donors (Lipinski definition) is 1. The molecule has 0 atom stereocenters. The summed E-state index contributed by atoms with van der Waals surface area (Å²) in [5, 5.41) is 0. The maximum atomic E-state index is 11.8. The van der Waals surface area contributed by atoms with Crippen molar-refractivity contribution < 1.29 is 8.42 Å². The van der Waals surface area contributed by atoms with Crippen LogP contribution in [0.25, 0.3) is 0 Å². The summed E-state index contributed by atoms with van der Waals surface area (Å²) in [7, 11) is -3.23. The molecule has 0 heterocycles. The average Bonchev–Trinajstić information content (AvgIpc) is 2.36. The van der Waals surface area contributed by atoms with E-state index < -0.39 is 10.0 Å². The molecule has 0 aromatic heterocycles. The fourth-order valence-corrected chi connectivity index (χ4v) is 2.68. The van der Waals surface area contributed by atoms with Crippen LogP contribution in [0, 0.1) is 5.41 Å². The van der Waals surface area contributed by atoms with Crippen molar-refractivity contribution in [2.24, 2.45) is 5.41 Å². The fraction of sp³-hybridized carbons (Fsp3) is 0.538. The Hall–Kier alpha value is -0.580. The van der Waals surface area contributed by atoms with E-state index in [0.29, 0.717) is 18.8 Å². The van der Waals surface area contributed by atoms with Gasteiger partial charge in [-0.05, 0) is 17.4 Å².